The molecule has 0 fully saturated rings. The number of ketones is 1. The van der Waals surface area contributed by atoms with E-state index in [2.05, 4.69) is 5.32 Å². The number of nitrogens with zero attached hydrogens (tertiary/aromatic N) is 1. The number of amides is 2. The Bertz CT molecular complexity index is 834. The van der Waals surface area contributed by atoms with Crippen LogP contribution < -0.4 is 15.0 Å². The van der Waals surface area contributed by atoms with Crippen molar-refractivity contribution in [3.63, 3.8) is 0 Å². The standard InChI is InChI=1S/C19H19ClN2O4/c1-12(23)14-4-6-15(7-5-14)21-19(25)11-22(13(2)24)16-8-9-18(26-3)17(20)10-16/h4-10H,11H2,1-3H3,(H,21,25). The predicted molar refractivity (Wildman–Crippen MR) is 101 cm³/mol. The van der Waals surface area contributed by atoms with Crippen LogP contribution in [0.15, 0.2) is 42.5 Å². The zero-order valence-corrected chi connectivity index (χ0v) is 15.5. The van der Waals surface area contributed by atoms with Gasteiger partial charge in [-0.25, -0.2) is 0 Å². The van der Waals surface area contributed by atoms with Gasteiger partial charge in [0.05, 0.1) is 12.1 Å². The van der Waals surface area contributed by atoms with E-state index in [-0.39, 0.29) is 24.1 Å². The fraction of sp³-hybridized carbons (Fsp3) is 0.211. The molecule has 0 spiro atoms. The van der Waals surface area contributed by atoms with Crippen LogP contribution in [0.4, 0.5) is 11.4 Å². The van der Waals surface area contributed by atoms with E-state index in [0.717, 1.165) is 0 Å². The van der Waals surface area contributed by atoms with Crippen molar-refractivity contribution in [2.45, 2.75) is 13.8 Å². The summed E-state index contributed by atoms with van der Waals surface area (Å²) in [6.07, 6.45) is 0. The molecule has 0 aliphatic carbocycles. The number of ether oxygens (including phenoxy) is 1. The fourth-order valence-corrected chi connectivity index (χ4v) is 2.59. The molecule has 0 atom stereocenters. The molecule has 0 bridgehead atoms. The Morgan fingerprint density at radius 2 is 1.73 bits per heavy atom. The summed E-state index contributed by atoms with van der Waals surface area (Å²) in [4.78, 5) is 36.8. The first-order valence-corrected chi connectivity index (χ1v) is 8.22. The third kappa shape index (κ3) is 4.83. The molecule has 1 N–H and O–H groups in total. The number of Topliss-reactive ketones (excluding diaryl/α,β-unsaturated/α-hetero) is 1. The van der Waals surface area contributed by atoms with E-state index in [9.17, 15) is 14.4 Å². The van der Waals surface area contributed by atoms with Gasteiger partial charge in [-0.1, -0.05) is 11.6 Å². The number of methoxy groups -OCH3 is 1. The minimum Gasteiger partial charge on any atom is -0.495 e. The summed E-state index contributed by atoms with van der Waals surface area (Å²) in [5.74, 6) is -0.244. The van der Waals surface area contributed by atoms with Crippen molar-refractivity contribution in [2.24, 2.45) is 0 Å². The summed E-state index contributed by atoms with van der Waals surface area (Å²) in [7, 11) is 1.49. The molecule has 0 unspecified atom stereocenters. The third-order valence-corrected chi connectivity index (χ3v) is 4.00. The summed E-state index contributed by atoms with van der Waals surface area (Å²) in [6.45, 7) is 2.66. The third-order valence-electron chi connectivity index (χ3n) is 3.70. The second-order valence-electron chi connectivity index (χ2n) is 5.61. The number of rotatable bonds is 6. The van der Waals surface area contributed by atoms with Gasteiger partial charge >= 0.3 is 0 Å². The largest absolute Gasteiger partial charge is 0.495 e. The van der Waals surface area contributed by atoms with Crippen LogP contribution in [0.2, 0.25) is 5.02 Å². The average molecular weight is 375 g/mol. The Morgan fingerprint density at radius 3 is 2.23 bits per heavy atom. The number of carbonyl (C=O) groups is 3. The molecule has 0 aliphatic rings. The zero-order valence-electron chi connectivity index (χ0n) is 14.7. The maximum atomic E-state index is 12.3. The van der Waals surface area contributed by atoms with Gasteiger partial charge < -0.3 is 15.0 Å². The van der Waals surface area contributed by atoms with Gasteiger partial charge in [0.15, 0.2) is 5.78 Å². The van der Waals surface area contributed by atoms with Gasteiger partial charge in [-0.2, -0.15) is 0 Å². The molecule has 2 rings (SSSR count). The monoisotopic (exact) mass is 374 g/mol. The van der Waals surface area contributed by atoms with Gasteiger partial charge in [-0.05, 0) is 49.4 Å². The number of anilines is 2. The van der Waals surface area contributed by atoms with Crippen LogP contribution >= 0.6 is 11.6 Å². The van der Waals surface area contributed by atoms with E-state index >= 15 is 0 Å². The highest BCUT2D eigenvalue weighted by Crippen LogP contribution is 2.29. The molecule has 2 aromatic carbocycles. The molecule has 7 heteroatoms. The molecule has 0 radical (unpaired) electrons. The minimum absolute atomic E-state index is 0.0537. The highest BCUT2D eigenvalue weighted by molar-refractivity contribution is 6.32. The van der Waals surface area contributed by atoms with Crippen molar-refractivity contribution in [1.29, 1.82) is 0 Å². The first-order chi connectivity index (χ1) is 12.3. The lowest BCUT2D eigenvalue weighted by Gasteiger charge is -2.21. The maximum absolute atomic E-state index is 12.3. The summed E-state index contributed by atoms with van der Waals surface area (Å²) in [5, 5.41) is 3.04. The molecule has 136 valence electrons. The van der Waals surface area contributed by atoms with Crippen LogP contribution in [0.1, 0.15) is 24.2 Å². The van der Waals surface area contributed by atoms with Crippen LogP contribution in [0.25, 0.3) is 0 Å². The van der Waals surface area contributed by atoms with Gasteiger partial charge in [0, 0.05) is 23.9 Å². The van der Waals surface area contributed by atoms with Gasteiger partial charge in [0.1, 0.15) is 12.3 Å². The van der Waals surface area contributed by atoms with Crippen molar-refractivity contribution < 1.29 is 19.1 Å². The number of hydrogen-bond donors (Lipinski definition) is 1. The number of nitrogens with one attached hydrogen (secondary N) is 1. The van der Waals surface area contributed by atoms with Crippen LogP contribution in [0, 0.1) is 0 Å². The number of hydrogen-bond acceptors (Lipinski definition) is 4. The van der Waals surface area contributed by atoms with Gasteiger partial charge in [-0.3, -0.25) is 14.4 Å². The molecule has 0 saturated heterocycles. The van der Waals surface area contributed by atoms with Crippen molar-refractivity contribution in [3.05, 3.63) is 53.1 Å². The Kier molecular flexibility index (Phi) is 6.36. The Labute approximate surface area is 156 Å². The molecule has 2 amide bonds. The second kappa shape index (κ2) is 8.49. The molecule has 0 heterocycles. The summed E-state index contributed by atoms with van der Waals surface area (Å²) in [5.41, 5.74) is 1.59. The number of halogens is 1. The highest BCUT2D eigenvalue weighted by atomic mass is 35.5. The molecular weight excluding hydrogens is 356 g/mol. The topological polar surface area (TPSA) is 75.7 Å². The zero-order chi connectivity index (χ0) is 19.3. The van der Waals surface area contributed by atoms with Crippen LogP contribution in [0.3, 0.4) is 0 Å². The van der Waals surface area contributed by atoms with Gasteiger partial charge in [0.25, 0.3) is 0 Å². The van der Waals surface area contributed by atoms with Gasteiger partial charge in [-0.15, -0.1) is 0 Å². The molecule has 0 aliphatic heterocycles. The highest BCUT2D eigenvalue weighted by Gasteiger charge is 2.17. The first kappa shape index (κ1) is 19.5. The molecule has 0 saturated carbocycles. The molecule has 0 aromatic heterocycles. The van der Waals surface area contributed by atoms with E-state index in [1.165, 1.54) is 25.9 Å². The van der Waals surface area contributed by atoms with Crippen LogP contribution in [-0.4, -0.2) is 31.3 Å². The molecule has 26 heavy (non-hydrogen) atoms. The number of carbonyl (C=O) groups excluding carboxylic acids is 3. The van der Waals surface area contributed by atoms with E-state index in [4.69, 9.17) is 16.3 Å². The van der Waals surface area contributed by atoms with Crippen LogP contribution in [0.5, 0.6) is 5.75 Å². The quantitative estimate of drug-likeness (QED) is 0.784. The Hall–Kier alpha value is -2.86. The van der Waals surface area contributed by atoms with E-state index in [0.29, 0.717) is 27.7 Å². The minimum atomic E-state index is -0.372. The first-order valence-electron chi connectivity index (χ1n) is 7.84. The van der Waals surface area contributed by atoms with Crippen molar-refractivity contribution in [1.82, 2.24) is 0 Å². The summed E-state index contributed by atoms with van der Waals surface area (Å²) in [6, 6.07) is 11.4. The number of benzene rings is 2. The Balaban J connectivity index is 2.11. The van der Waals surface area contributed by atoms with E-state index in [1.807, 2.05) is 0 Å². The normalized spacial score (nSPS) is 10.2. The predicted octanol–water partition coefficient (Wildman–Crippen LogP) is 3.54. The lowest BCUT2D eigenvalue weighted by molar-refractivity contribution is -0.120. The van der Waals surface area contributed by atoms with Crippen molar-refractivity contribution >= 4 is 40.6 Å². The molecule has 2 aromatic rings. The van der Waals surface area contributed by atoms with E-state index in [1.54, 1.807) is 42.5 Å². The SMILES string of the molecule is COc1ccc(N(CC(=O)Nc2ccc(C(C)=O)cc2)C(C)=O)cc1Cl. The lowest BCUT2D eigenvalue weighted by atomic mass is 10.1. The fourth-order valence-electron chi connectivity index (χ4n) is 2.34. The Morgan fingerprint density at radius 1 is 1.08 bits per heavy atom. The molecule has 6 nitrogen and oxygen atoms in total. The summed E-state index contributed by atoms with van der Waals surface area (Å²) >= 11 is 6.09. The maximum Gasteiger partial charge on any atom is 0.244 e. The summed E-state index contributed by atoms with van der Waals surface area (Å²) < 4.78 is 5.09. The van der Waals surface area contributed by atoms with Crippen molar-refractivity contribution in [2.75, 3.05) is 23.9 Å². The van der Waals surface area contributed by atoms with E-state index < -0.39 is 0 Å². The smallest absolute Gasteiger partial charge is 0.244 e. The lowest BCUT2D eigenvalue weighted by Crippen LogP contribution is -2.36. The van der Waals surface area contributed by atoms with Gasteiger partial charge in [0.2, 0.25) is 11.8 Å². The molecular formula is C19H19ClN2O4. The second-order valence-corrected chi connectivity index (χ2v) is 6.01. The van der Waals surface area contributed by atoms with Crippen molar-refractivity contribution in [3.8, 4) is 5.75 Å². The van der Waals surface area contributed by atoms with Crippen LogP contribution in [-0.2, 0) is 9.59 Å². The average Bonchev–Trinajstić information content (AvgIpc) is 2.59.